The molecule has 0 aromatic carbocycles. The van der Waals surface area contributed by atoms with Crippen molar-refractivity contribution in [2.45, 2.75) is 58.0 Å². The van der Waals surface area contributed by atoms with Crippen LogP contribution >= 0.6 is 0 Å². The molecular formula is C14H21N3O3. The van der Waals surface area contributed by atoms with Gasteiger partial charge in [0.25, 0.3) is 5.91 Å². The summed E-state index contributed by atoms with van der Waals surface area (Å²) in [6.45, 7) is 4.47. The normalized spacial score (nSPS) is 17.1. The van der Waals surface area contributed by atoms with Gasteiger partial charge in [-0.1, -0.05) is 19.8 Å². The van der Waals surface area contributed by atoms with Crippen molar-refractivity contribution < 1.29 is 14.7 Å². The van der Waals surface area contributed by atoms with E-state index >= 15 is 0 Å². The molecule has 0 atom stereocenters. The molecule has 0 radical (unpaired) electrons. The number of nitrogens with zero attached hydrogens (tertiary/aromatic N) is 2. The first-order chi connectivity index (χ1) is 9.52. The van der Waals surface area contributed by atoms with Gasteiger partial charge in [-0.25, -0.2) is 4.79 Å². The smallest absolute Gasteiger partial charge is 0.329 e. The van der Waals surface area contributed by atoms with Gasteiger partial charge in [0, 0.05) is 6.54 Å². The van der Waals surface area contributed by atoms with E-state index in [4.69, 9.17) is 0 Å². The van der Waals surface area contributed by atoms with E-state index < -0.39 is 11.5 Å². The average Bonchev–Trinajstić information content (AvgIpc) is 3.05. The van der Waals surface area contributed by atoms with Crippen molar-refractivity contribution in [1.29, 1.82) is 0 Å². The molecule has 0 unspecified atom stereocenters. The number of aryl methyl sites for hydroxylation is 2. The molecule has 0 spiro atoms. The molecule has 20 heavy (non-hydrogen) atoms. The van der Waals surface area contributed by atoms with Crippen molar-refractivity contribution in [2.75, 3.05) is 0 Å². The van der Waals surface area contributed by atoms with Gasteiger partial charge in [-0.05, 0) is 32.3 Å². The van der Waals surface area contributed by atoms with Crippen molar-refractivity contribution >= 4 is 11.9 Å². The van der Waals surface area contributed by atoms with E-state index in [1.165, 1.54) is 0 Å². The molecule has 1 aliphatic carbocycles. The first-order valence-electron chi connectivity index (χ1n) is 7.15. The lowest BCUT2D eigenvalue weighted by atomic mass is 9.97. The molecule has 1 aliphatic rings. The summed E-state index contributed by atoms with van der Waals surface area (Å²) < 4.78 is 1.62. The lowest BCUT2D eigenvalue weighted by Crippen LogP contribution is -2.52. The largest absolute Gasteiger partial charge is 0.480 e. The minimum absolute atomic E-state index is 0.344. The Hall–Kier alpha value is -1.85. The fraction of sp³-hybridized carbons (Fsp3) is 0.643. The Balaban J connectivity index is 2.23. The van der Waals surface area contributed by atoms with Crippen LogP contribution in [0, 0.1) is 0 Å². The second-order valence-electron chi connectivity index (χ2n) is 5.24. The summed E-state index contributed by atoms with van der Waals surface area (Å²) in [5.74, 6) is -1.29. The van der Waals surface area contributed by atoms with E-state index in [2.05, 4.69) is 10.4 Å². The highest BCUT2D eigenvalue weighted by molar-refractivity contribution is 5.96. The van der Waals surface area contributed by atoms with Crippen LogP contribution in [0.4, 0.5) is 0 Å². The number of carboxylic acid groups (broad SMARTS) is 1. The van der Waals surface area contributed by atoms with Gasteiger partial charge in [0.1, 0.15) is 11.2 Å². The van der Waals surface area contributed by atoms with Crippen LogP contribution in [0.5, 0.6) is 0 Å². The first-order valence-corrected chi connectivity index (χ1v) is 7.15. The van der Waals surface area contributed by atoms with E-state index in [0.29, 0.717) is 25.1 Å². The summed E-state index contributed by atoms with van der Waals surface area (Å²) >= 11 is 0. The number of rotatable bonds is 5. The molecular weight excluding hydrogens is 258 g/mol. The van der Waals surface area contributed by atoms with Gasteiger partial charge < -0.3 is 10.4 Å². The summed E-state index contributed by atoms with van der Waals surface area (Å²) in [4.78, 5) is 23.9. The van der Waals surface area contributed by atoms with Gasteiger partial charge in [0.2, 0.25) is 0 Å². The molecule has 1 aromatic heterocycles. The maximum absolute atomic E-state index is 12.4. The summed E-state index contributed by atoms with van der Waals surface area (Å²) in [7, 11) is 0. The highest BCUT2D eigenvalue weighted by Gasteiger charge is 2.43. The summed E-state index contributed by atoms with van der Waals surface area (Å²) in [5, 5.41) is 16.4. The van der Waals surface area contributed by atoms with E-state index in [1.54, 1.807) is 10.7 Å². The van der Waals surface area contributed by atoms with Gasteiger partial charge >= 0.3 is 5.97 Å². The van der Waals surface area contributed by atoms with Crippen LogP contribution < -0.4 is 5.32 Å². The van der Waals surface area contributed by atoms with Crippen molar-refractivity contribution in [3.8, 4) is 0 Å². The van der Waals surface area contributed by atoms with E-state index in [9.17, 15) is 14.7 Å². The van der Waals surface area contributed by atoms with E-state index in [-0.39, 0.29) is 5.91 Å². The maximum atomic E-state index is 12.4. The minimum atomic E-state index is -1.10. The van der Waals surface area contributed by atoms with Crippen molar-refractivity contribution in [3.05, 3.63) is 17.5 Å². The van der Waals surface area contributed by atoms with E-state index in [0.717, 1.165) is 25.0 Å². The quantitative estimate of drug-likeness (QED) is 0.857. The van der Waals surface area contributed by atoms with Crippen molar-refractivity contribution in [1.82, 2.24) is 15.1 Å². The highest BCUT2D eigenvalue weighted by atomic mass is 16.4. The lowest BCUT2D eigenvalue weighted by molar-refractivity contribution is -0.144. The molecule has 6 heteroatoms. The third-order valence-corrected chi connectivity index (χ3v) is 3.94. The zero-order chi connectivity index (χ0) is 14.8. The molecule has 0 aliphatic heterocycles. The van der Waals surface area contributed by atoms with Crippen LogP contribution in [0.2, 0.25) is 0 Å². The molecule has 110 valence electrons. The van der Waals surface area contributed by atoms with Crippen LogP contribution in [0.15, 0.2) is 6.07 Å². The monoisotopic (exact) mass is 279 g/mol. The molecule has 2 N–H and O–H groups in total. The predicted molar refractivity (Wildman–Crippen MR) is 73.6 cm³/mol. The van der Waals surface area contributed by atoms with E-state index in [1.807, 2.05) is 13.8 Å². The number of nitrogens with one attached hydrogen (secondary N) is 1. The number of hydrogen-bond donors (Lipinski definition) is 2. The van der Waals surface area contributed by atoms with Gasteiger partial charge in [-0.2, -0.15) is 5.10 Å². The van der Waals surface area contributed by atoms with Gasteiger partial charge in [-0.3, -0.25) is 9.48 Å². The molecule has 0 saturated heterocycles. The molecule has 1 saturated carbocycles. The number of aromatic nitrogens is 2. The third kappa shape index (κ3) is 2.55. The zero-order valence-corrected chi connectivity index (χ0v) is 12.0. The first kappa shape index (κ1) is 14.6. The fourth-order valence-electron chi connectivity index (χ4n) is 2.72. The predicted octanol–water partition coefficient (Wildman–Crippen LogP) is 1.59. The van der Waals surface area contributed by atoms with Crippen molar-refractivity contribution in [3.63, 3.8) is 0 Å². The molecule has 1 aromatic rings. The Morgan fingerprint density at radius 2 is 2.05 bits per heavy atom. The third-order valence-electron chi connectivity index (χ3n) is 3.94. The molecule has 1 fully saturated rings. The number of amides is 1. The highest BCUT2D eigenvalue weighted by Crippen LogP contribution is 2.30. The summed E-state index contributed by atoms with van der Waals surface area (Å²) in [6.07, 6.45) is 3.40. The average molecular weight is 279 g/mol. The SMILES string of the molecule is CCc1cc(C(=O)NC2(C(=O)O)CCCC2)n(CC)n1. The number of carboxylic acids is 1. The Kier molecular flexibility index (Phi) is 4.11. The van der Waals surface area contributed by atoms with Crippen LogP contribution in [-0.4, -0.2) is 32.3 Å². The standard InChI is InChI=1S/C14H21N3O3/c1-3-10-9-11(17(4-2)16-10)12(18)15-14(13(19)20)7-5-6-8-14/h9H,3-8H2,1-2H3,(H,15,18)(H,19,20). The molecule has 0 bridgehead atoms. The fourth-order valence-corrected chi connectivity index (χ4v) is 2.72. The second kappa shape index (κ2) is 5.64. The van der Waals surface area contributed by atoms with Gasteiger partial charge in [-0.15, -0.1) is 0 Å². The number of carbonyl (C=O) groups is 2. The molecule has 6 nitrogen and oxygen atoms in total. The Morgan fingerprint density at radius 3 is 2.55 bits per heavy atom. The lowest BCUT2D eigenvalue weighted by Gasteiger charge is -2.25. The van der Waals surface area contributed by atoms with Crippen LogP contribution in [0.25, 0.3) is 0 Å². The second-order valence-corrected chi connectivity index (χ2v) is 5.24. The topological polar surface area (TPSA) is 84.2 Å². The number of aliphatic carboxylic acids is 1. The minimum Gasteiger partial charge on any atom is -0.480 e. The van der Waals surface area contributed by atoms with Crippen LogP contribution in [0.3, 0.4) is 0 Å². The summed E-state index contributed by atoms with van der Waals surface area (Å²) in [5.41, 5.74) is 0.177. The number of hydrogen-bond acceptors (Lipinski definition) is 3. The Labute approximate surface area is 118 Å². The zero-order valence-electron chi connectivity index (χ0n) is 12.0. The van der Waals surface area contributed by atoms with Crippen LogP contribution in [-0.2, 0) is 17.8 Å². The van der Waals surface area contributed by atoms with Gasteiger partial charge in [0.15, 0.2) is 0 Å². The molecule has 1 heterocycles. The summed E-state index contributed by atoms with van der Waals surface area (Å²) in [6, 6.07) is 1.74. The van der Waals surface area contributed by atoms with Crippen molar-refractivity contribution in [2.24, 2.45) is 0 Å². The van der Waals surface area contributed by atoms with Gasteiger partial charge in [0.05, 0.1) is 5.69 Å². The Bertz CT molecular complexity index is 516. The Morgan fingerprint density at radius 1 is 1.40 bits per heavy atom. The molecule has 1 amide bonds. The number of carbonyl (C=O) groups excluding carboxylic acids is 1. The van der Waals surface area contributed by atoms with Crippen LogP contribution in [0.1, 0.15) is 55.7 Å². The maximum Gasteiger partial charge on any atom is 0.329 e. The molecule has 2 rings (SSSR count).